The molecule has 0 fully saturated rings. The maximum absolute atomic E-state index is 12.5. The van der Waals surface area contributed by atoms with Crippen LogP contribution in [-0.2, 0) is 10.0 Å². The van der Waals surface area contributed by atoms with Crippen LogP contribution in [-0.4, -0.2) is 20.9 Å². The Hall–Kier alpha value is -2.34. The maximum atomic E-state index is 12.5. The zero-order chi connectivity index (χ0) is 18.4. The molecule has 2 aromatic carbocycles. The number of amides is 1. The van der Waals surface area contributed by atoms with E-state index >= 15 is 0 Å². The van der Waals surface area contributed by atoms with Gasteiger partial charge in [0.1, 0.15) is 0 Å². The summed E-state index contributed by atoms with van der Waals surface area (Å²) in [6, 6.07) is 13.2. The topological polar surface area (TPSA) is 75.3 Å². The molecule has 5 nitrogen and oxygen atoms in total. The highest BCUT2D eigenvalue weighted by atomic mass is 32.2. The summed E-state index contributed by atoms with van der Waals surface area (Å²) >= 11 is 0. The Morgan fingerprint density at radius 1 is 1.08 bits per heavy atom. The normalized spacial score (nSPS) is 11.4. The van der Waals surface area contributed by atoms with Crippen LogP contribution in [0.2, 0.25) is 0 Å². The van der Waals surface area contributed by atoms with Gasteiger partial charge in [-0.3, -0.25) is 9.52 Å². The Balaban J connectivity index is 2.15. The molecule has 0 aromatic heterocycles. The standard InChI is InChI=1S/C19H24N2O3S/c1-14(2)10-11-20-19(22)16-7-5-9-18(13-16)25(23,24)21-17-8-4-6-15(3)12-17/h4-9,12-14,21H,10-11H2,1-3H3,(H,20,22). The molecule has 1 amide bonds. The summed E-state index contributed by atoms with van der Waals surface area (Å²) in [5, 5.41) is 2.81. The lowest BCUT2D eigenvalue weighted by Crippen LogP contribution is -2.25. The van der Waals surface area contributed by atoms with Crippen molar-refractivity contribution in [3.05, 3.63) is 59.7 Å². The minimum absolute atomic E-state index is 0.0607. The van der Waals surface area contributed by atoms with E-state index in [9.17, 15) is 13.2 Å². The molecule has 0 aliphatic heterocycles. The minimum atomic E-state index is -3.75. The van der Waals surface area contributed by atoms with Gasteiger partial charge in [0.15, 0.2) is 0 Å². The van der Waals surface area contributed by atoms with Crippen molar-refractivity contribution in [2.45, 2.75) is 32.1 Å². The van der Waals surface area contributed by atoms with Crippen molar-refractivity contribution in [2.75, 3.05) is 11.3 Å². The van der Waals surface area contributed by atoms with E-state index in [0.717, 1.165) is 12.0 Å². The number of anilines is 1. The van der Waals surface area contributed by atoms with Crippen molar-refractivity contribution in [2.24, 2.45) is 5.92 Å². The molecule has 0 spiro atoms. The first-order valence-electron chi connectivity index (χ1n) is 8.25. The molecule has 2 rings (SSSR count). The van der Waals surface area contributed by atoms with Gasteiger partial charge in [-0.2, -0.15) is 0 Å². The summed E-state index contributed by atoms with van der Waals surface area (Å²) in [6.45, 7) is 6.61. The van der Waals surface area contributed by atoms with Crippen LogP contribution < -0.4 is 10.0 Å². The summed E-state index contributed by atoms with van der Waals surface area (Å²) < 4.78 is 27.6. The molecule has 134 valence electrons. The number of hydrogen-bond acceptors (Lipinski definition) is 3. The lowest BCUT2D eigenvalue weighted by Gasteiger charge is -2.11. The molecular formula is C19H24N2O3S. The number of rotatable bonds is 7. The first kappa shape index (κ1) is 19.0. The molecular weight excluding hydrogens is 336 g/mol. The fraction of sp³-hybridized carbons (Fsp3) is 0.316. The quantitative estimate of drug-likeness (QED) is 0.792. The number of benzene rings is 2. The lowest BCUT2D eigenvalue weighted by molar-refractivity contribution is 0.0952. The van der Waals surface area contributed by atoms with E-state index in [2.05, 4.69) is 23.9 Å². The van der Waals surface area contributed by atoms with Crippen LogP contribution in [0.15, 0.2) is 53.4 Å². The first-order chi connectivity index (χ1) is 11.8. The molecule has 0 aliphatic carbocycles. The third kappa shape index (κ3) is 5.60. The highest BCUT2D eigenvalue weighted by molar-refractivity contribution is 7.92. The highest BCUT2D eigenvalue weighted by Gasteiger charge is 2.16. The zero-order valence-corrected chi connectivity index (χ0v) is 15.6. The summed E-state index contributed by atoms with van der Waals surface area (Å²) in [5.41, 5.74) is 1.78. The summed E-state index contributed by atoms with van der Waals surface area (Å²) in [4.78, 5) is 12.2. The summed E-state index contributed by atoms with van der Waals surface area (Å²) in [6.07, 6.45) is 0.874. The van der Waals surface area contributed by atoms with Gasteiger partial charge in [0.25, 0.3) is 15.9 Å². The van der Waals surface area contributed by atoms with Gasteiger partial charge in [-0.05, 0) is 55.2 Å². The Labute approximate surface area is 149 Å². The predicted molar refractivity (Wildman–Crippen MR) is 100 cm³/mol. The largest absolute Gasteiger partial charge is 0.352 e. The van der Waals surface area contributed by atoms with E-state index in [1.54, 1.807) is 30.3 Å². The second kappa shape index (κ2) is 8.16. The number of nitrogens with one attached hydrogen (secondary N) is 2. The van der Waals surface area contributed by atoms with Gasteiger partial charge >= 0.3 is 0 Å². The van der Waals surface area contributed by atoms with Gasteiger partial charge in [-0.1, -0.05) is 32.0 Å². The molecule has 2 aromatic rings. The van der Waals surface area contributed by atoms with Crippen molar-refractivity contribution < 1.29 is 13.2 Å². The Morgan fingerprint density at radius 3 is 2.48 bits per heavy atom. The third-order valence-electron chi connectivity index (χ3n) is 3.68. The molecule has 2 N–H and O–H groups in total. The van der Waals surface area contributed by atoms with Crippen LogP contribution in [0.5, 0.6) is 0 Å². The van der Waals surface area contributed by atoms with Gasteiger partial charge in [0.2, 0.25) is 0 Å². The number of sulfonamides is 1. The molecule has 0 aliphatic rings. The summed E-state index contributed by atoms with van der Waals surface area (Å²) in [7, 11) is -3.75. The van der Waals surface area contributed by atoms with Crippen molar-refractivity contribution in [1.82, 2.24) is 5.32 Å². The van der Waals surface area contributed by atoms with Gasteiger partial charge in [0.05, 0.1) is 4.90 Å². The smallest absolute Gasteiger partial charge is 0.261 e. The van der Waals surface area contributed by atoms with Gasteiger partial charge in [-0.25, -0.2) is 8.42 Å². The average Bonchev–Trinajstić information content (AvgIpc) is 2.54. The number of carbonyl (C=O) groups excluding carboxylic acids is 1. The van der Waals surface area contributed by atoms with Crippen LogP contribution >= 0.6 is 0 Å². The second-order valence-electron chi connectivity index (χ2n) is 6.44. The maximum Gasteiger partial charge on any atom is 0.261 e. The molecule has 25 heavy (non-hydrogen) atoms. The highest BCUT2D eigenvalue weighted by Crippen LogP contribution is 2.18. The molecule has 0 saturated carbocycles. The van der Waals surface area contributed by atoms with Crippen LogP contribution in [0.1, 0.15) is 36.2 Å². The summed E-state index contributed by atoms with van der Waals surface area (Å²) in [5.74, 6) is 0.221. The van der Waals surface area contributed by atoms with E-state index < -0.39 is 10.0 Å². The Morgan fingerprint density at radius 2 is 1.80 bits per heavy atom. The van der Waals surface area contributed by atoms with E-state index in [0.29, 0.717) is 23.7 Å². The van der Waals surface area contributed by atoms with Gasteiger partial charge in [-0.15, -0.1) is 0 Å². The van der Waals surface area contributed by atoms with E-state index in [4.69, 9.17) is 0 Å². The first-order valence-corrected chi connectivity index (χ1v) is 9.74. The monoisotopic (exact) mass is 360 g/mol. The molecule has 0 heterocycles. The second-order valence-corrected chi connectivity index (χ2v) is 8.12. The van der Waals surface area contributed by atoms with E-state index in [-0.39, 0.29) is 10.8 Å². The van der Waals surface area contributed by atoms with Gasteiger partial charge in [0, 0.05) is 17.8 Å². The molecule has 0 unspecified atom stereocenters. The molecule has 6 heteroatoms. The Bertz CT molecular complexity index is 845. The lowest BCUT2D eigenvalue weighted by atomic mass is 10.1. The van der Waals surface area contributed by atoms with Crippen LogP contribution in [0.3, 0.4) is 0 Å². The average molecular weight is 360 g/mol. The zero-order valence-electron chi connectivity index (χ0n) is 14.7. The van der Waals surface area contributed by atoms with Crippen molar-refractivity contribution in [1.29, 1.82) is 0 Å². The van der Waals surface area contributed by atoms with Gasteiger partial charge < -0.3 is 5.32 Å². The predicted octanol–water partition coefficient (Wildman–Crippen LogP) is 3.57. The molecule has 0 bridgehead atoms. The number of carbonyl (C=O) groups is 1. The van der Waals surface area contributed by atoms with Crippen molar-refractivity contribution in [3.8, 4) is 0 Å². The fourth-order valence-electron chi connectivity index (χ4n) is 2.30. The minimum Gasteiger partial charge on any atom is -0.352 e. The fourth-order valence-corrected chi connectivity index (χ4v) is 3.40. The van der Waals surface area contributed by atoms with E-state index in [1.165, 1.54) is 12.1 Å². The van der Waals surface area contributed by atoms with Crippen LogP contribution in [0.25, 0.3) is 0 Å². The number of hydrogen-bond donors (Lipinski definition) is 2. The van der Waals surface area contributed by atoms with Crippen molar-refractivity contribution >= 4 is 21.6 Å². The van der Waals surface area contributed by atoms with Crippen LogP contribution in [0.4, 0.5) is 5.69 Å². The molecule has 0 atom stereocenters. The number of aryl methyl sites for hydroxylation is 1. The van der Waals surface area contributed by atoms with E-state index in [1.807, 2.05) is 13.0 Å². The van der Waals surface area contributed by atoms with Crippen molar-refractivity contribution in [3.63, 3.8) is 0 Å². The third-order valence-corrected chi connectivity index (χ3v) is 5.06. The van der Waals surface area contributed by atoms with Crippen LogP contribution in [0, 0.1) is 12.8 Å². The SMILES string of the molecule is Cc1cccc(NS(=O)(=O)c2cccc(C(=O)NCCC(C)C)c2)c1. The molecule has 0 radical (unpaired) electrons. The Kier molecular flexibility index (Phi) is 6.20. The molecule has 0 saturated heterocycles.